The summed E-state index contributed by atoms with van der Waals surface area (Å²) < 4.78 is 10.6. The summed E-state index contributed by atoms with van der Waals surface area (Å²) in [5.74, 6) is 1.53. The summed E-state index contributed by atoms with van der Waals surface area (Å²) in [6.45, 7) is 1.69. The molecule has 0 saturated carbocycles. The smallest absolute Gasteiger partial charge is 0.231 e. The second kappa shape index (κ2) is 4.37. The minimum absolute atomic E-state index is 0.269. The van der Waals surface area contributed by atoms with Crippen molar-refractivity contribution in [2.24, 2.45) is 5.41 Å². The maximum Gasteiger partial charge on any atom is 0.231 e. The lowest BCUT2D eigenvalue weighted by atomic mass is 9.81. The van der Waals surface area contributed by atoms with E-state index in [9.17, 15) is 0 Å². The van der Waals surface area contributed by atoms with Crippen molar-refractivity contribution >= 4 is 5.69 Å². The van der Waals surface area contributed by atoms with E-state index in [0.29, 0.717) is 25.9 Å². The van der Waals surface area contributed by atoms with E-state index in [-0.39, 0.29) is 6.79 Å². The van der Waals surface area contributed by atoms with Crippen LogP contribution in [-0.2, 0) is 0 Å². The molecule has 0 aromatic heterocycles. The van der Waals surface area contributed by atoms with Gasteiger partial charge in [0.2, 0.25) is 6.79 Å². The van der Waals surface area contributed by atoms with Gasteiger partial charge in [0.1, 0.15) is 5.41 Å². The van der Waals surface area contributed by atoms with Crippen LogP contribution in [0.15, 0.2) is 18.2 Å². The summed E-state index contributed by atoms with van der Waals surface area (Å²) in [6, 6.07) is 10.1. The molecule has 0 radical (unpaired) electrons. The quantitative estimate of drug-likeness (QED) is 0.768. The van der Waals surface area contributed by atoms with Gasteiger partial charge in [0.05, 0.1) is 12.1 Å². The SMILES string of the molecule is N#CC1(C#N)CCN(c2ccc3c(c2)OCO3)CC1. The number of hydrogen-bond acceptors (Lipinski definition) is 5. The van der Waals surface area contributed by atoms with Crippen molar-refractivity contribution in [2.75, 3.05) is 24.8 Å². The third kappa shape index (κ3) is 1.94. The lowest BCUT2D eigenvalue weighted by Gasteiger charge is -2.34. The normalized spacial score (nSPS) is 19.6. The molecular formula is C14H13N3O2. The molecule has 5 nitrogen and oxygen atoms in total. The van der Waals surface area contributed by atoms with E-state index < -0.39 is 5.41 Å². The fourth-order valence-electron chi connectivity index (χ4n) is 2.48. The van der Waals surface area contributed by atoms with Gasteiger partial charge in [-0.3, -0.25) is 0 Å². The van der Waals surface area contributed by atoms with Crippen LogP contribution in [0.4, 0.5) is 5.69 Å². The third-order valence-corrected chi connectivity index (χ3v) is 3.77. The van der Waals surface area contributed by atoms with E-state index in [1.54, 1.807) is 0 Å². The molecule has 0 atom stereocenters. The Morgan fingerprint density at radius 3 is 2.42 bits per heavy atom. The summed E-state index contributed by atoms with van der Waals surface area (Å²) >= 11 is 0. The third-order valence-electron chi connectivity index (χ3n) is 3.77. The Morgan fingerprint density at radius 2 is 1.74 bits per heavy atom. The first-order valence-electron chi connectivity index (χ1n) is 6.23. The summed E-state index contributed by atoms with van der Waals surface area (Å²) in [6.07, 6.45) is 1.16. The topological polar surface area (TPSA) is 69.3 Å². The highest BCUT2D eigenvalue weighted by Gasteiger charge is 2.35. The molecule has 96 valence electrons. The first-order valence-corrected chi connectivity index (χ1v) is 6.23. The second-order valence-corrected chi connectivity index (χ2v) is 4.83. The van der Waals surface area contributed by atoms with Gasteiger partial charge in [0, 0.05) is 24.8 Å². The van der Waals surface area contributed by atoms with Crippen molar-refractivity contribution in [3.05, 3.63) is 18.2 Å². The number of nitriles is 2. The average Bonchev–Trinajstić information content (AvgIpc) is 2.95. The first-order chi connectivity index (χ1) is 9.26. The Labute approximate surface area is 111 Å². The zero-order valence-corrected chi connectivity index (χ0v) is 10.4. The largest absolute Gasteiger partial charge is 0.454 e. The van der Waals surface area contributed by atoms with Crippen LogP contribution in [0, 0.1) is 28.1 Å². The van der Waals surface area contributed by atoms with Crippen LogP contribution in [-0.4, -0.2) is 19.9 Å². The van der Waals surface area contributed by atoms with E-state index in [1.165, 1.54) is 0 Å². The fraction of sp³-hybridized carbons (Fsp3) is 0.429. The molecule has 0 spiro atoms. The van der Waals surface area contributed by atoms with Gasteiger partial charge in [-0.2, -0.15) is 10.5 Å². The number of ether oxygens (including phenoxy) is 2. The Balaban J connectivity index is 1.76. The molecule has 1 fully saturated rings. The molecule has 19 heavy (non-hydrogen) atoms. The van der Waals surface area contributed by atoms with Gasteiger partial charge in [-0.25, -0.2) is 0 Å². The predicted octanol–water partition coefficient (Wildman–Crippen LogP) is 2.05. The van der Waals surface area contributed by atoms with Crippen LogP contribution in [0.25, 0.3) is 0 Å². The zero-order valence-electron chi connectivity index (χ0n) is 10.4. The van der Waals surface area contributed by atoms with Crippen LogP contribution in [0.2, 0.25) is 0 Å². The van der Waals surface area contributed by atoms with Gasteiger partial charge in [-0.05, 0) is 25.0 Å². The van der Waals surface area contributed by atoms with Crippen molar-refractivity contribution in [2.45, 2.75) is 12.8 Å². The molecule has 0 unspecified atom stereocenters. The molecule has 3 rings (SSSR count). The van der Waals surface area contributed by atoms with Crippen molar-refractivity contribution < 1.29 is 9.47 Å². The first kappa shape index (κ1) is 11.7. The number of hydrogen-bond donors (Lipinski definition) is 0. The van der Waals surface area contributed by atoms with Gasteiger partial charge in [-0.15, -0.1) is 0 Å². The molecule has 5 heteroatoms. The van der Waals surface area contributed by atoms with Gasteiger partial charge >= 0.3 is 0 Å². The second-order valence-electron chi connectivity index (χ2n) is 4.83. The summed E-state index contributed by atoms with van der Waals surface area (Å²) in [5.41, 5.74) is 0.237. The fourth-order valence-corrected chi connectivity index (χ4v) is 2.48. The highest BCUT2D eigenvalue weighted by molar-refractivity contribution is 5.57. The van der Waals surface area contributed by atoms with Crippen LogP contribution < -0.4 is 14.4 Å². The van der Waals surface area contributed by atoms with Crippen LogP contribution in [0.1, 0.15) is 12.8 Å². The lowest BCUT2D eigenvalue weighted by Crippen LogP contribution is -2.38. The predicted molar refractivity (Wildman–Crippen MR) is 67.7 cm³/mol. The maximum atomic E-state index is 9.10. The van der Waals surface area contributed by atoms with Crippen molar-refractivity contribution in [3.63, 3.8) is 0 Å². The van der Waals surface area contributed by atoms with Crippen LogP contribution >= 0.6 is 0 Å². The summed E-state index contributed by atoms with van der Waals surface area (Å²) in [5, 5.41) is 18.2. The van der Waals surface area contributed by atoms with Gasteiger partial charge in [-0.1, -0.05) is 0 Å². The Kier molecular flexibility index (Phi) is 2.68. The van der Waals surface area contributed by atoms with E-state index in [1.807, 2.05) is 18.2 Å². The molecule has 0 N–H and O–H groups in total. The number of nitrogens with zero attached hydrogens (tertiary/aromatic N) is 3. The summed E-state index contributed by atoms with van der Waals surface area (Å²) in [7, 11) is 0. The number of piperidine rings is 1. The monoisotopic (exact) mass is 255 g/mol. The molecule has 1 saturated heterocycles. The van der Waals surface area contributed by atoms with E-state index in [0.717, 1.165) is 17.2 Å². The summed E-state index contributed by atoms with van der Waals surface area (Å²) in [4.78, 5) is 2.18. The minimum atomic E-state index is -0.813. The molecule has 1 aromatic rings. The van der Waals surface area contributed by atoms with Crippen molar-refractivity contribution in [3.8, 4) is 23.6 Å². The molecule has 2 heterocycles. The number of fused-ring (bicyclic) bond motifs is 1. The number of rotatable bonds is 1. The van der Waals surface area contributed by atoms with Gasteiger partial charge in [0.25, 0.3) is 0 Å². The molecule has 0 aliphatic carbocycles. The van der Waals surface area contributed by atoms with Gasteiger partial charge in [0.15, 0.2) is 11.5 Å². The minimum Gasteiger partial charge on any atom is -0.454 e. The van der Waals surface area contributed by atoms with Gasteiger partial charge < -0.3 is 14.4 Å². The van der Waals surface area contributed by atoms with Crippen molar-refractivity contribution in [1.29, 1.82) is 10.5 Å². The standard InChI is InChI=1S/C14H13N3O2/c15-8-14(9-16)3-5-17(6-4-14)11-1-2-12-13(7-11)19-10-18-12/h1-2,7H,3-6,10H2. The molecular weight excluding hydrogens is 242 g/mol. The number of benzene rings is 1. The molecule has 0 bridgehead atoms. The Hall–Kier alpha value is -2.40. The molecule has 0 amide bonds. The Morgan fingerprint density at radius 1 is 1.05 bits per heavy atom. The highest BCUT2D eigenvalue weighted by Crippen LogP contribution is 2.38. The zero-order chi connectivity index (χ0) is 13.3. The lowest BCUT2D eigenvalue weighted by molar-refractivity contribution is 0.174. The van der Waals surface area contributed by atoms with Crippen LogP contribution in [0.3, 0.4) is 0 Å². The maximum absolute atomic E-state index is 9.10. The molecule has 2 aliphatic heterocycles. The van der Waals surface area contributed by atoms with Crippen LogP contribution in [0.5, 0.6) is 11.5 Å². The van der Waals surface area contributed by atoms with E-state index >= 15 is 0 Å². The van der Waals surface area contributed by atoms with Crippen molar-refractivity contribution in [1.82, 2.24) is 0 Å². The van der Waals surface area contributed by atoms with E-state index in [4.69, 9.17) is 20.0 Å². The number of anilines is 1. The molecule has 2 aliphatic rings. The molecule has 1 aromatic carbocycles. The van der Waals surface area contributed by atoms with E-state index in [2.05, 4.69) is 17.0 Å². The Bertz CT molecular complexity index is 561. The average molecular weight is 255 g/mol. The highest BCUT2D eigenvalue weighted by atomic mass is 16.7.